The van der Waals surface area contributed by atoms with E-state index in [0.29, 0.717) is 12.6 Å². The molecule has 0 N–H and O–H groups in total. The lowest BCUT2D eigenvalue weighted by atomic mass is 10.1. The van der Waals surface area contributed by atoms with E-state index in [9.17, 15) is 13.2 Å². The molecule has 0 aromatic carbocycles. The fourth-order valence-corrected chi connectivity index (χ4v) is 2.17. The second-order valence-corrected chi connectivity index (χ2v) is 4.02. The summed E-state index contributed by atoms with van der Waals surface area (Å²) in [5.74, 6) is 0. The third-order valence-corrected chi connectivity index (χ3v) is 2.78. The third-order valence-electron chi connectivity index (χ3n) is 2.78. The van der Waals surface area contributed by atoms with E-state index in [-0.39, 0.29) is 0 Å². The molecule has 2 aliphatic rings. The highest BCUT2D eigenvalue weighted by Crippen LogP contribution is 2.26. The number of halogens is 3. The molecule has 0 bridgehead atoms. The minimum absolute atomic E-state index is 0.484. The molecule has 86 valence electrons. The number of alkyl halides is 3. The van der Waals surface area contributed by atoms with Gasteiger partial charge in [0.05, 0.1) is 5.71 Å². The van der Waals surface area contributed by atoms with Gasteiger partial charge in [-0.15, -0.1) is 0 Å². The lowest BCUT2D eigenvalue weighted by molar-refractivity contribution is -0.173. The third kappa shape index (κ3) is 2.84. The molecule has 0 radical (unpaired) electrons. The summed E-state index contributed by atoms with van der Waals surface area (Å²) in [5, 5.41) is 3.55. The monoisotopic (exact) mass is 222 g/mol. The molecule has 2 saturated heterocycles. The van der Waals surface area contributed by atoms with Crippen molar-refractivity contribution in [1.29, 1.82) is 0 Å². The van der Waals surface area contributed by atoms with E-state index in [1.54, 1.807) is 0 Å². The molecule has 0 aliphatic carbocycles. The lowest BCUT2D eigenvalue weighted by Gasteiger charge is -2.11. The van der Waals surface area contributed by atoms with Crippen molar-refractivity contribution in [3.8, 4) is 0 Å². The van der Waals surface area contributed by atoms with Crippen LogP contribution in [0.1, 0.15) is 19.3 Å². The van der Waals surface area contributed by atoms with E-state index in [1.807, 2.05) is 0 Å². The zero-order valence-electron chi connectivity index (χ0n) is 8.26. The standard InChI is InChI=1S/C9H13F3N2O/c10-9(11,12)6-15-13-7-4-8-2-1-3-14(8)5-7/h8H,1-6H2/b13-7-. The Morgan fingerprint density at radius 2 is 2.27 bits per heavy atom. The topological polar surface area (TPSA) is 24.8 Å². The summed E-state index contributed by atoms with van der Waals surface area (Å²) in [6, 6.07) is 0.484. The molecule has 2 rings (SSSR count). The van der Waals surface area contributed by atoms with Crippen LogP contribution >= 0.6 is 0 Å². The van der Waals surface area contributed by atoms with Crippen LogP contribution in [0.3, 0.4) is 0 Å². The van der Waals surface area contributed by atoms with Crippen molar-refractivity contribution in [1.82, 2.24) is 4.90 Å². The molecular weight excluding hydrogens is 209 g/mol. The quantitative estimate of drug-likeness (QED) is 0.665. The molecule has 0 spiro atoms. The van der Waals surface area contributed by atoms with Gasteiger partial charge < -0.3 is 4.84 Å². The molecule has 1 unspecified atom stereocenters. The first-order valence-corrected chi connectivity index (χ1v) is 5.03. The highest BCUT2D eigenvalue weighted by molar-refractivity contribution is 5.88. The van der Waals surface area contributed by atoms with E-state index in [4.69, 9.17) is 0 Å². The van der Waals surface area contributed by atoms with E-state index in [0.717, 1.165) is 25.1 Å². The smallest absolute Gasteiger partial charge is 0.386 e. The SMILES string of the molecule is FC(F)(F)CO/N=C1/CC2CCCN2C1. The molecule has 15 heavy (non-hydrogen) atoms. The van der Waals surface area contributed by atoms with Gasteiger partial charge in [0.15, 0.2) is 0 Å². The minimum atomic E-state index is -4.29. The maximum absolute atomic E-state index is 11.8. The minimum Gasteiger partial charge on any atom is -0.386 e. The molecular formula is C9H13F3N2O. The first kappa shape index (κ1) is 10.7. The molecule has 2 aliphatic heterocycles. The predicted octanol–water partition coefficient (Wildman–Crippen LogP) is 1.79. The summed E-state index contributed by atoms with van der Waals surface area (Å²) in [6.45, 7) is 0.409. The zero-order valence-corrected chi connectivity index (χ0v) is 8.26. The molecule has 6 heteroatoms. The molecule has 2 heterocycles. The van der Waals surface area contributed by atoms with Crippen molar-refractivity contribution >= 4 is 5.71 Å². The number of nitrogens with zero attached hydrogens (tertiary/aromatic N) is 2. The summed E-state index contributed by atoms with van der Waals surface area (Å²) in [4.78, 5) is 6.53. The van der Waals surface area contributed by atoms with Gasteiger partial charge >= 0.3 is 6.18 Å². The van der Waals surface area contributed by atoms with E-state index in [2.05, 4.69) is 14.9 Å². The molecule has 3 nitrogen and oxygen atoms in total. The van der Waals surface area contributed by atoms with Crippen LogP contribution < -0.4 is 0 Å². The fraction of sp³-hybridized carbons (Fsp3) is 0.889. The van der Waals surface area contributed by atoms with E-state index in [1.165, 1.54) is 6.42 Å². The summed E-state index contributed by atoms with van der Waals surface area (Å²) in [6.07, 6.45) is -1.23. The Bertz CT molecular complexity index is 251. The molecule has 0 amide bonds. The van der Waals surface area contributed by atoms with Crippen LogP contribution in [-0.4, -0.2) is 42.5 Å². The van der Waals surface area contributed by atoms with Crippen LogP contribution in [0.5, 0.6) is 0 Å². The van der Waals surface area contributed by atoms with Crippen molar-refractivity contribution in [2.24, 2.45) is 5.16 Å². The van der Waals surface area contributed by atoms with Gasteiger partial charge in [-0.25, -0.2) is 0 Å². The average molecular weight is 222 g/mol. The number of oxime groups is 1. The van der Waals surface area contributed by atoms with Crippen LogP contribution in [0.4, 0.5) is 13.2 Å². The number of fused-ring (bicyclic) bond motifs is 1. The summed E-state index contributed by atoms with van der Waals surface area (Å²) in [5.41, 5.74) is 0.740. The highest BCUT2D eigenvalue weighted by atomic mass is 19.4. The van der Waals surface area contributed by atoms with Crippen LogP contribution in [0.15, 0.2) is 5.16 Å². The van der Waals surface area contributed by atoms with Crippen molar-refractivity contribution < 1.29 is 18.0 Å². The lowest BCUT2D eigenvalue weighted by Crippen LogP contribution is -2.22. The Kier molecular flexibility index (Phi) is 2.86. The van der Waals surface area contributed by atoms with Crippen molar-refractivity contribution in [3.05, 3.63) is 0 Å². The number of rotatable bonds is 2. The molecule has 1 atom stereocenters. The first-order chi connectivity index (χ1) is 7.04. The van der Waals surface area contributed by atoms with Gasteiger partial charge in [-0.1, -0.05) is 5.16 Å². The number of hydrogen-bond donors (Lipinski definition) is 0. The van der Waals surface area contributed by atoms with Crippen molar-refractivity contribution in [3.63, 3.8) is 0 Å². The largest absolute Gasteiger partial charge is 0.425 e. The zero-order chi connectivity index (χ0) is 10.9. The summed E-state index contributed by atoms with van der Waals surface area (Å²) < 4.78 is 35.3. The van der Waals surface area contributed by atoms with Crippen molar-refractivity contribution in [2.45, 2.75) is 31.5 Å². The van der Waals surface area contributed by atoms with Gasteiger partial charge in [-0.05, 0) is 19.4 Å². The Hall–Kier alpha value is -0.780. The van der Waals surface area contributed by atoms with Gasteiger partial charge in [0.1, 0.15) is 0 Å². The first-order valence-electron chi connectivity index (χ1n) is 5.03. The van der Waals surface area contributed by atoms with E-state index >= 15 is 0 Å². The Morgan fingerprint density at radius 1 is 1.47 bits per heavy atom. The van der Waals surface area contributed by atoms with Crippen LogP contribution in [0, 0.1) is 0 Å². The molecule has 0 saturated carbocycles. The normalized spacial score (nSPS) is 29.8. The van der Waals surface area contributed by atoms with Gasteiger partial charge in [0, 0.05) is 19.0 Å². The Balaban J connectivity index is 1.78. The maximum atomic E-state index is 11.8. The predicted molar refractivity (Wildman–Crippen MR) is 48.7 cm³/mol. The van der Waals surface area contributed by atoms with Gasteiger partial charge in [0.25, 0.3) is 0 Å². The van der Waals surface area contributed by atoms with Gasteiger partial charge in [-0.2, -0.15) is 13.2 Å². The Morgan fingerprint density at radius 3 is 2.93 bits per heavy atom. The number of hydrogen-bond acceptors (Lipinski definition) is 3. The summed E-state index contributed by atoms with van der Waals surface area (Å²) >= 11 is 0. The molecule has 0 aromatic heterocycles. The Labute approximate surface area is 85.9 Å². The van der Waals surface area contributed by atoms with E-state index < -0.39 is 12.8 Å². The second kappa shape index (κ2) is 4.00. The van der Waals surface area contributed by atoms with Gasteiger partial charge in [-0.3, -0.25) is 4.90 Å². The van der Waals surface area contributed by atoms with Gasteiger partial charge in [0.2, 0.25) is 6.61 Å². The van der Waals surface area contributed by atoms with Crippen LogP contribution in [0.2, 0.25) is 0 Å². The molecule has 2 fully saturated rings. The van der Waals surface area contributed by atoms with Crippen LogP contribution in [-0.2, 0) is 4.84 Å². The second-order valence-electron chi connectivity index (χ2n) is 4.02. The maximum Gasteiger partial charge on any atom is 0.425 e. The summed E-state index contributed by atoms with van der Waals surface area (Å²) in [7, 11) is 0. The molecule has 0 aromatic rings. The van der Waals surface area contributed by atoms with Crippen LogP contribution in [0.25, 0.3) is 0 Å². The van der Waals surface area contributed by atoms with Crippen molar-refractivity contribution in [2.75, 3.05) is 19.7 Å². The average Bonchev–Trinajstić information content (AvgIpc) is 2.60. The highest BCUT2D eigenvalue weighted by Gasteiger charge is 2.33. The fourth-order valence-electron chi connectivity index (χ4n) is 2.17.